The third-order valence-electron chi connectivity index (χ3n) is 7.73. The van der Waals surface area contributed by atoms with Gasteiger partial charge in [-0.15, -0.1) is 0 Å². The average molecular weight is 604 g/mol. The molecule has 1 aliphatic heterocycles. The number of benzene rings is 1. The monoisotopic (exact) mass is 603 g/mol. The summed E-state index contributed by atoms with van der Waals surface area (Å²) in [5.74, 6) is -0.755. The number of imidazole rings is 1. The minimum atomic E-state index is -1.90. The second-order valence-corrected chi connectivity index (χ2v) is 17.8. The number of aliphatic hydroxyl groups excluding tert-OH is 1. The highest BCUT2D eigenvalue weighted by atomic mass is 35.5. The predicted octanol–water partition coefficient (Wildman–Crippen LogP) is 7.10. The molecule has 216 valence electrons. The first kappa shape index (κ1) is 30.5. The summed E-state index contributed by atoms with van der Waals surface area (Å²) in [7, 11) is -1.90. The molecule has 0 amide bonds. The molecule has 0 spiro atoms. The molecule has 40 heavy (non-hydrogen) atoms. The van der Waals surface area contributed by atoms with Crippen LogP contribution in [0.1, 0.15) is 68.5 Å². The van der Waals surface area contributed by atoms with E-state index in [4.69, 9.17) is 20.8 Å². The number of halogens is 1. The van der Waals surface area contributed by atoms with Crippen molar-refractivity contribution in [1.29, 1.82) is 0 Å². The normalized spacial score (nSPS) is 17.1. The standard InChI is InChI=1S/C29H38ClN3O5SSi/c1-8-32-26(25(28(35)36)39-27(32)23-14-31-24-12-10-20(16-34)15-33(23)24)38-18(2)21-11-9-19(13-22(21)30)17-37-40(6,7)29(3,4)5/h9-15,18,27,34H,8,16-17H2,1-7H3,(H,35,36)/t18-,27?/m1/s1. The van der Waals surface area contributed by atoms with Gasteiger partial charge in [-0.25, -0.2) is 9.78 Å². The fraction of sp³-hybridized carbons (Fsp3) is 0.448. The van der Waals surface area contributed by atoms with Crippen LogP contribution in [0.2, 0.25) is 23.2 Å². The van der Waals surface area contributed by atoms with Crippen molar-refractivity contribution in [3.63, 3.8) is 0 Å². The van der Waals surface area contributed by atoms with Gasteiger partial charge in [0.15, 0.2) is 13.2 Å². The maximum absolute atomic E-state index is 12.3. The average Bonchev–Trinajstić information content (AvgIpc) is 3.47. The molecule has 8 nitrogen and oxygen atoms in total. The number of fused-ring (bicyclic) bond motifs is 1. The van der Waals surface area contributed by atoms with E-state index in [9.17, 15) is 15.0 Å². The molecular formula is C29H38ClN3O5SSi. The Labute approximate surface area is 246 Å². The van der Waals surface area contributed by atoms with Gasteiger partial charge in [-0.3, -0.25) is 0 Å². The van der Waals surface area contributed by atoms with Crippen molar-refractivity contribution in [2.24, 2.45) is 0 Å². The Hall–Kier alpha value is -2.50. The summed E-state index contributed by atoms with van der Waals surface area (Å²) in [5, 5.41) is 20.0. The summed E-state index contributed by atoms with van der Waals surface area (Å²) in [6, 6.07) is 9.46. The van der Waals surface area contributed by atoms with Crippen LogP contribution in [0.15, 0.2) is 53.5 Å². The third-order valence-corrected chi connectivity index (χ3v) is 13.8. The Morgan fingerprint density at radius 1 is 1.23 bits per heavy atom. The number of hydrogen-bond acceptors (Lipinski definition) is 7. The van der Waals surface area contributed by atoms with Gasteiger partial charge in [0, 0.05) is 23.3 Å². The Morgan fingerprint density at radius 2 is 1.93 bits per heavy atom. The summed E-state index contributed by atoms with van der Waals surface area (Å²) in [4.78, 5) is 18.9. The molecule has 0 fully saturated rings. The second kappa shape index (κ2) is 11.8. The molecule has 4 rings (SSSR count). The van der Waals surface area contributed by atoms with E-state index in [-0.39, 0.29) is 21.9 Å². The van der Waals surface area contributed by atoms with Gasteiger partial charge in [-0.2, -0.15) is 0 Å². The largest absolute Gasteiger partial charge is 0.477 e. The lowest BCUT2D eigenvalue weighted by Crippen LogP contribution is -2.40. The summed E-state index contributed by atoms with van der Waals surface area (Å²) in [6.45, 7) is 15.8. The highest BCUT2D eigenvalue weighted by Gasteiger charge is 2.40. The molecule has 3 aromatic rings. The fourth-order valence-electron chi connectivity index (χ4n) is 4.28. The maximum atomic E-state index is 12.3. The maximum Gasteiger partial charge on any atom is 0.347 e. The Morgan fingerprint density at radius 3 is 2.52 bits per heavy atom. The molecule has 2 N–H and O–H groups in total. The number of nitrogens with zero attached hydrogens (tertiary/aromatic N) is 3. The Balaban J connectivity index is 1.57. The topological polar surface area (TPSA) is 96.5 Å². The number of rotatable bonds is 10. The zero-order chi connectivity index (χ0) is 29.4. The Kier molecular flexibility index (Phi) is 8.96. The highest BCUT2D eigenvalue weighted by Crippen LogP contribution is 2.49. The van der Waals surface area contributed by atoms with Crippen molar-refractivity contribution in [3.05, 3.63) is 80.9 Å². The van der Waals surface area contributed by atoms with Crippen LogP contribution in [-0.4, -0.2) is 45.3 Å². The van der Waals surface area contributed by atoms with Crippen LogP contribution in [0.5, 0.6) is 0 Å². The summed E-state index contributed by atoms with van der Waals surface area (Å²) in [6.07, 6.45) is 3.07. The zero-order valence-corrected chi connectivity index (χ0v) is 26.6. The smallest absolute Gasteiger partial charge is 0.347 e. The van der Waals surface area contributed by atoms with Crippen molar-refractivity contribution >= 4 is 43.3 Å². The zero-order valence-electron chi connectivity index (χ0n) is 24.1. The SMILES string of the molecule is CCN1C(O[C@H](C)c2ccc(CO[Si](C)(C)C(C)(C)C)cc2Cl)=C(C(=O)O)SC1c1cnc2ccc(CO)cn12. The minimum Gasteiger partial charge on any atom is -0.477 e. The van der Waals surface area contributed by atoms with E-state index in [2.05, 4.69) is 38.8 Å². The lowest BCUT2D eigenvalue weighted by molar-refractivity contribution is -0.132. The van der Waals surface area contributed by atoms with Crippen LogP contribution in [-0.2, 0) is 27.2 Å². The van der Waals surface area contributed by atoms with Crippen molar-refractivity contribution in [1.82, 2.24) is 14.3 Å². The quantitative estimate of drug-likeness (QED) is 0.237. The summed E-state index contributed by atoms with van der Waals surface area (Å²) >= 11 is 7.93. The number of carbonyl (C=O) groups is 1. The molecular weight excluding hydrogens is 566 g/mol. The number of aliphatic hydroxyl groups is 1. The van der Waals surface area contributed by atoms with Crippen LogP contribution >= 0.6 is 23.4 Å². The second-order valence-electron chi connectivity index (χ2n) is 11.5. The molecule has 2 atom stereocenters. The van der Waals surface area contributed by atoms with Crippen LogP contribution in [0.4, 0.5) is 0 Å². The van der Waals surface area contributed by atoms with Crippen molar-refractivity contribution < 1.29 is 24.2 Å². The third kappa shape index (κ3) is 6.06. The van der Waals surface area contributed by atoms with Gasteiger partial charge in [0.1, 0.15) is 17.1 Å². The van der Waals surface area contributed by atoms with Crippen LogP contribution < -0.4 is 0 Å². The van der Waals surface area contributed by atoms with E-state index in [0.717, 1.165) is 22.4 Å². The lowest BCUT2D eigenvalue weighted by Gasteiger charge is -2.36. The van der Waals surface area contributed by atoms with Gasteiger partial charge >= 0.3 is 5.97 Å². The number of carboxylic acids is 1. The number of thioether (sulfide) groups is 1. The number of aliphatic carboxylic acids is 1. The van der Waals surface area contributed by atoms with E-state index in [0.29, 0.717) is 29.7 Å². The highest BCUT2D eigenvalue weighted by molar-refractivity contribution is 8.04. The van der Waals surface area contributed by atoms with Gasteiger partial charge in [0.05, 0.1) is 25.1 Å². The van der Waals surface area contributed by atoms with Gasteiger partial charge in [-0.1, -0.05) is 62.3 Å². The molecule has 2 aromatic heterocycles. The van der Waals surface area contributed by atoms with Crippen LogP contribution in [0.3, 0.4) is 0 Å². The number of ether oxygens (including phenoxy) is 1. The van der Waals surface area contributed by atoms with Crippen molar-refractivity contribution in [2.75, 3.05) is 6.54 Å². The number of aromatic nitrogens is 2. The molecule has 3 heterocycles. The molecule has 0 bridgehead atoms. The van der Waals surface area contributed by atoms with Gasteiger partial charge in [0.2, 0.25) is 5.88 Å². The molecule has 0 saturated heterocycles. The number of carboxylic acid groups (broad SMARTS) is 1. The number of pyridine rings is 1. The molecule has 11 heteroatoms. The fourth-order valence-corrected chi connectivity index (χ4v) is 6.85. The van der Waals surface area contributed by atoms with E-state index in [1.165, 1.54) is 11.8 Å². The van der Waals surface area contributed by atoms with Crippen LogP contribution in [0.25, 0.3) is 5.65 Å². The summed E-state index contributed by atoms with van der Waals surface area (Å²) < 4.78 is 14.6. The van der Waals surface area contributed by atoms with E-state index in [1.54, 1.807) is 6.20 Å². The minimum absolute atomic E-state index is 0.102. The lowest BCUT2D eigenvalue weighted by atomic mass is 10.1. The van der Waals surface area contributed by atoms with E-state index >= 15 is 0 Å². The van der Waals surface area contributed by atoms with Crippen molar-refractivity contribution in [3.8, 4) is 0 Å². The van der Waals surface area contributed by atoms with Gasteiger partial charge < -0.3 is 28.7 Å². The molecule has 0 aliphatic carbocycles. The van der Waals surface area contributed by atoms with Crippen molar-refractivity contribution in [2.45, 2.75) is 77.4 Å². The molecule has 0 radical (unpaired) electrons. The van der Waals surface area contributed by atoms with Gasteiger partial charge in [0.25, 0.3) is 0 Å². The first-order chi connectivity index (χ1) is 18.8. The number of hydrogen-bond donors (Lipinski definition) is 2. The van der Waals surface area contributed by atoms with E-state index < -0.39 is 20.4 Å². The Bertz CT molecular complexity index is 1430. The van der Waals surface area contributed by atoms with Crippen LogP contribution in [0, 0.1) is 0 Å². The molecule has 0 saturated carbocycles. The molecule has 1 aliphatic rings. The molecule has 1 unspecified atom stereocenters. The predicted molar refractivity (Wildman–Crippen MR) is 161 cm³/mol. The molecule has 1 aromatic carbocycles. The van der Waals surface area contributed by atoms with E-state index in [1.807, 2.05) is 59.7 Å². The first-order valence-electron chi connectivity index (χ1n) is 13.3. The van der Waals surface area contributed by atoms with Gasteiger partial charge in [-0.05, 0) is 55.2 Å². The first-order valence-corrected chi connectivity index (χ1v) is 17.5. The summed E-state index contributed by atoms with van der Waals surface area (Å²) in [5.41, 5.74) is 4.00.